The summed E-state index contributed by atoms with van der Waals surface area (Å²) >= 11 is 0. The van der Waals surface area contributed by atoms with Gasteiger partial charge in [0.25, 0.3) is 11.8 Å². The maximum atomic E-state index is 11.0. The second kappa shape index (κ2) is 3.49. The van der Waals surface area contributed by atoms with E-state index < -0.39 is 0 Å². The Kier molecular flexibility index (Phi) is 2.60. The van der Waals surface area contributed by atoms with Crippen LogP contribution < -0.4 is 5.73 Å². The van der Waals surface area contributed by atoms with E-state index in [-0.39, 0.29) is 17.7 Å². The van der Waals surface area contributed by atoms with E-state index in [1.807, 2.05) is 6.92 Å². The largest absolute Gasteiger partial charge is 0.330 e. The Morgan fingerprint density at radius 3 is 2.33 bits per heavy atom. The quantitative estimate of drug-likeness (QED) is 0.578. The fourth-order valence-corrected chi connectivity index (χ4v) is 0.997. The molecule has 0 saturated carbocycles. The maximum Gasteiger partial charge on any atom is 0.253 e. The molecule has 0 radical (unpaired) electrons. The zero-order chi connectivity index (χ0) is 9.14. The van der Waals surface area contributed by atoms with Crippen molar-refractivity contribution >= 4 is 11.8 Å². The number of carbonyl (C=O) groups excluding carboxylic acids is 2. The van der Waals surface area contributed by atoms with Crippen molar-refractivity contribution in [2.24, 2.45) is 11.7 Å². The first kappa shape index (κ1) is 8.93. The summed E-state index contributed by atoms with van der Waals surface area (Å²) in [6, 6.07) is 0. The molecule has 0 aliphatic carbocycles. The Hall–Kier alpha value is -1.16. The molecule has 0 aromatic rings. The first-order chi connectivity index (χ1) is 5.65. The van der Waals surface area contributed by atoms with Gasteiger partial charge >= 0.3 is 0 Å². The van der Waals surface area contributed by atoms with Gasteiger partial charge in [-0.3, -0.25) is 14.5 Å². The highest BCUT2D eigenvalue weighted by Crippen LogP contribution is 2.06. The highest BCUT2D eigenvalue weighted by Gasteiger charge is 2.24. The van der Waals surface area contributed by atoms with Crippen molar-refractivity contribution in [3.8, 4) is 0 Å². The molecule has 1 unspecified atom stereocenters. The molecule has 4 nitrogen and oxygen atoms in total. The highest BCUT2D eigenvalue weighted by atomic mass is 16.2. The summed E-state index contributed by atoms with van der Waals surface area (Å²) in [7, 11) is 0. The number of carbonyl (C=O) groups is 2. The van der Waals surface area contributed by atoms with Gasteiger partial charge in [-0.2, -0.15) is 0 Å². The predicted octanol–water partition coefficient (Wildman–Crippen LogP) is -0.494. The Bertz CT molecular complexity index is 217. The summed E-state index contributed by atoms with van der Waals surface area (Å²) in [5.41, 5.74) is 5.37. The van der Waals surface area contributed by atoms with Crippen LogP contribution in [0.5, 0.6) is 0 Å². The maximum absolute atomic E-state index is 11.0. The lowest BCUT2D eigenvalue weighted by Gasteiger charge is -2.17. The van der Waals surface area contributed by atoms with Gasteiger partial charge in [0.15, 0.2) is 0 Å². The Balaban J connectivity index is 2.53. The normalized spacial score (nSPS) is 19.0. The molecule has 1 rings (SSSR count). The topological polar surface area (TPSA) is 63.4 Å². The van der Waals surface area contributed by atoms with E-state index in [2.05, 4.69) is 0 Å². The average Bonchev–Trinajstić information content (AvgIpc) is 2.35. The molecular weight excluding hydrogens is 156 g/mol. The van der Waals surface area contributed by atoms with Gasteiger partial charge < -0.3 is 5.73 Å². The molecule has 0 spiro atoms. The van der Waals surface area contributed by atoms with Gasteiger partial charge in [0.05, 0.1) is 0 Å². The SMILES string of the molecule is CC(CN)CN1C(=O)C=CC1=O. The van der Waals surface area contributed by atoms with Crippen molar-refractivity contribution in [2.45, 2.75) is 6.92 Å². The molecule has 2 N–H and O–H groups in total. The molecule has 1 aliphatic heterocycles. The van der Waals surface area contributed by atoms with E-state index in [1.165, 1.54) is 17.1 Å². The minimum atomic E-state index is -0.236. The van der Waals surface area contributed by atoms with Crippen molar-refractivity contribution in [2.75, 3.05) is 13.1 Å². The standard InChI is InChI=1S/C8H12N2O2/c1-6(4-9)5-10-7(11)2-3-8(10)12/h2-3,6H,4-5,9H2,1H3. The van der Waals surface area contributed by atoms with Crippen LogP contribution in [0, 0.1) is 5.92 Å². The Morgan fingerprint density at radius 1 is 1.42 bits per heavy atom. The number of amides is 2. The fraction of sp³-hybridized carbons (Fsp3) is 0.500. The van der Waals surface area contributed by atoms with Crippen molar-refractivity contribution in [3.05, 3.63) is 12.2 Å². The molecule has 0 fully saturated rings. The van der Waals surface area contributed by atoms with Crippen LogP contribution >= 0.6 is 0 Å². The van der Waals surface area contributed by atoms with E-state index in [9.17, 15) is 9.59 Å². The smallest absolute Gasteiger partial charge is 0.253 e. The molecule has 1 heterocycles. The van der Waals surface area contributed by atoms with Gasteiger partial charge in [-0.25, -0.2) is 0 Å². The van der Waals surface area contributed by atoms with Gasteiger partial charge in [0.1, 0.15) is 0 Å². The zero-order valence-corrected chi connectivity index (χ0v) is 6.99. The first-order valence-corrected chi connectivity index (χ1v) is 3.88. The van der Waals surface area contributed by atoms with Crippen molar-refractivity contribution in [3.63, 3.8) is 0 Å². The highest BCUT2D eigenvalue weighted by molar-refractivity contribution is 6.12. The summed E-state index contributed by atoms with van der Waals surface area (Å²) in [4.78, 5) is 23.2. The summed E-state index contributed by atoms with van der Waals surface area (Å²) in [6.45, 7) is 2.80. The van der Waals surface area contributed by atoms with Crippen LogP contribution in [0.2, 0.25) is 0 Å². The van der Waals surface area contributed by atoms with Crippen molar-refractivity contribution in [1.82, 2.24) is 4.90 Å². The molecule has 0 aromatic carbocycles. The lowest BCUT2D eigenvalue weighted by Crippen LogP contribution is -2.36. The minimum absolute atomic E-state index is 0.165. The van der Waals surface area contributed by atoms with Gasteiger partial charge in [-0.05, 0) is 12.5 Å². The number of hydrogen-bond donors (Lipinski definition) is 1. The monoisotopic (exact) mass is 168 g/mol. The molecule has 1 atom stereocenters. The van der Waals surface area contributed by atoms with Crippen LogP contribution in [0.1, 0.15) is 6.92 Å². The number of imide groups is 1. The summed E-state index contributed by atoms with van der Waals surface area (Å²) < 4.78 is 0. The molecule has 66 valence electrons. The van der Waals surface area contributed by atoms with Crippen LogP contribution in [0.25, 0.3) is 0 Å². The van der Waals surface area contributed by atoms with E-state index in [0.717, 1.165) is 0 Å². The van der Waals surface area contributed by atoms with Crippen molar-refractivity contribution in [1.29, 1.82) is 0 Å². The molecule has 2 amide bonds. The predicted molar refractivity (Wildman–Crippen MR) is 44.1 cm³/mol. The molecule has 0 aromatic heterocycles. The van der Waals surface area contributed by atoms with E-state index in [4.69, 9.17) is 5.73 Å². The van der Waals surface area contributed by atoms with Crippen LogP contribution in [0.3, 0.4) is 0 Å². The zero-order valence-electron chi connectivity index (χ0n) is 6.99. The minimum Gasteiger partial charge on any atom is -0.330 e. The van der Waals surface area contributed by atoms with E-state index in [1.54, 1.807) is 0 Å². The molecule has 1 aliphatic rings. The third-order valence-corrected chi connectivity index (χ3v) is 1.80. The van der Waals surface area contributed by atoms with Gasteiger partial charge in [-0.15, -0.1) is 0 Å². The summed E-state index contributed by atoms with van der Waals surface area (Å²) in [6.07, 6.45) is 2.57. The van der Waals surface area contributed by atoms with Crippen LogP contribution in [0.15, 0.2) is 12.2 Å². The second-order valence-electron chi connectivity index (χ2n) is 2.96. The number of nitrogens with two attached hydrogens (primary N) is 1. The number of rotatable bonds is 3. The van der Waals surface area contributed by atoms with Crippen LogP contribution in [-0.2, 0) is 9.59 Å². The molecule has 12 heavy (non-hydrogen) atoms. The summed E-state index contributed by atoms with van der Waals surface area (Å²) in [5.74, 6) is -0.307. The first-order valence-electron chi connectivity index (χ1n) is 3.88. The molecule has 0 bridgehead atoms. The van der Waals surface area contributed by atoms with Gasteiger partial charge in [0, 0.05) is 18.7 Å². The third kappa shape index (κ3) is 1.71. The molecular formula is C8H12N2O2. The van der Waals surface area contributed by atoms with Crippen LogP contribution in [0.4, 0.5) is 0 Å². The second-order valence-corrected chi connectivity index (χ2v) is 2.96. The Labute approximate surface area is 71.0 Å². The van der Waals surface area contributed by atoms with Crippen LogP contribution in [-0.4, -0.2) is 29.8 Å². The third-order valence-electron chi connectivity index (χ3n) is 1.80. The number of hydrogen-bond acceptors (Lipinski definition) is 3. The van der Waals surface area contributed by atoms with Crippen molar-refractivity contribution < 1.29 is 9.59 Å². The summed E-state index contributed by atoms with van der Waals surface area (Å²) in [5, 5.41) is 0. The van der Waals surface area contributed by atoms with Gasteiger partial charge in [-0.1, -0.05) is 6.92 Å². The van der Waals surface area contributed by atoms with E-state index in [0.29, 0.717) is 13.1 Å². The molecule has 0 saturated heterocycles. The lowest BCUT2D eigenvalue weighted by atomic mass is 10.2. The van der Waals surface area contributed by atoms with E-state index >= 15 is 0 Å². The Morgan fingerprint density at radius 2 is 1.92 bits per heavy atom. The lowest BCUT2D eigenvalue weighted by molar-refractivity contribution is -0.137. The fourth-order valence-electron chi connectivity index (χ4n) is 0.997. The van der Waals surface area contributed by atoms with Gasteiger partial charge in [0.2, 0.25) is 0 Å². The molecule has 4 heteroatoms. The number of nitrogens with zero attached hydrogens (tertiary/aromatic N) is 1. The average molecular weight is 168 g/mol.